The van der Waals surface area contributed by atoms with Gasteiger partial charge in [0.05, 0.1) is 7.11 Å². The van der Waals surface area contributed by atoms with Crippen molar-refractivity contribution in [3.63, 3.8) is 0 Å². The summed E-state index contributed by atoms with van der Waals surface area (Å²) in [6.07, 6.45) is 2.51. The summed E-state index contributed by atoms with van der Waals surface area (Å²) in [6.45, 7) is 7.93. The Morgan fingerprint density at radius 1 is 1.28 bits per heavy atom. The lowest BCUT2D eigenvalue weighted by Gasteiger charge is -2.38. The van der Waals surface area contributed by atoms with Crippen LogP contribution < -0.4 is 10.1 Å². The molecule has 0 bridgehead atoms. The van der Waals surface area contributed by atoms with E-state index in [1.807, 2.05) is 6.07 Å². The quantitative estimate of drug-likeness (QED) is 0.878. The minimum atomic E-state index is 0.376. The van der Waals surface area contributed by atoms with E-state index in [2.05, 4.69) is 44.3 Å². The van der Waals surface area contributed by atoms with Crippen molar-refractivity contribution in [1.82, 2.24) is 5.32 Å². The molecule has 0 atom stereocenters. The molecule has 2 heteroatoms. The molecule has 0 spiro atoms. The van der Waals surface area contributed by atoms with Crippen LogP contribution in [0.5, 0.6) is 5.75 Å². The van der Waals surface area contributed by atoms with E-state index in [0.717, 1.165) is 12.3 Å². The van der Waals surface area contributed by atoms with Crippen molar-refractivity contribution in [2.45, 2.75) is 45.6 Å². The fourth-order valence-electron chi connectivity index (χ4n) is 2.40. The Morgan fingerprint density at radius 3 is 2.61 bits per heavy atom. The molecule has 100 valence electrons. The van der Waals surface area contributed by atoms with Crippen molar-refractivity contribution in [3.8, 4) is 5.75 Å². The van der Waals surface area contributed by atoms with E-state index in [-0.39, 0.29) is 0 Å². The van der Waals surface area contributed by atoms with E-state index in [1.165, 1.54) is 18.4 Å². The summed E-state index contributed by atoms with van der Waals surface area (Å²) in [5, 5.41) is 3.66. The fourth-order valence-corrected chi connectivity index (χ4v) is 2.40. The summed E-state index contributed by atoms with van der Waals surface area (Å²) in [5.41, 5.74) is 1.80. The summed E-state index contributed by atoms with van der Waals surface area (Å²) in [7, 11) is 1.73. The number of hydrogen-bond acceptors (Lipinski definition) is 2. The number of hydrogen-bond donors (Lipinski definition) is 1. The van der Waals surface area contributed by atoms with Gasteiger partial charge in [-0.1, -0.05) is 32.9 Å². The van der Waals surface area contributed by atoms with Crippen LogP contribution >= 0.6 is 0 Å². The summed E-state index contributed by atoms with van der Waals surface area (Å²) in [6, 6.07) is 9.18. The normalized spacial score (nSPS) is 23.6. The average Bonchev–Trinajstić information content (AvgIpc) is 2.25. The smallest absolute Gasteiger partial charge is 0.119 e. The third-order valence-corrected chi connectivity index (χ3v) is 3.62. The summed E-state index contributed by atoms with van der Waals surface area (Å²) in [4.78, 5) is 0. The molecule has 1 aromatic carbocycles. The van der Waals surface area contributed by atoms with E-state index in [4.69, 9.17) is 4.74 Å². The van der Waals surface area contributed by atoms with Gasteiger partial charge in [-0.2, -0.15) is 0 Å². The predicted molar refractivity (Wildman–Crippen MR) is 76.2 cm³/mol. The van der Waals surface area contributed by atoms with Crippen LogP contribution in [0.3, 0.4) is 0 Å². The van der Waals surface area contributed by atoms with Crippen molar-refractivity contribution in [1.29, 1.82) is 0 Å². The number of methoxy groups -OCH3 is 1. The summed E-state index contributed by atoms with van der Waals surface area (Å²) < 4.78 is 5.28. The number of rotatable bonds is 4. The van der Waals surface area contributed by atoms with E-state index >= 15 is 0 Å². The van der Waals surface area contributed by atoms with Gasteiger partial charge in [0, 0.05) is 12.6 Å². The maximum absolute atomic E-state index is 5.28. The molecule has 18 heavy (non-hydrogen) atoms. The van der Waals surface area contributed by atoms with Crippen LogP contribution in [0.15, 0.2) is 24.3 Å². The molecular weight excluding hydrogens is 222 g/mol. The molecule has 2 rings (SSSR count). The maximum atomic E-state index is 5.28. The van der Waals surface area contributed by atoms with Gasteiger partial charge in [-0.05, 0) is 41.9 Å². The fraction of sp³-hybridized carbons (Fsp3) is 0.625. The molecule has 1 fully saturated rings. The SMILES string of the molecule is COc1cccc(C2CC(NCC(C)(C)C)C2)c1. The van der Waals surface area contributed by atoms with Gasteiger partial charge in [-0.3, -0.25) is 0 Å². The highest BCUT2D eigenvalue weighted by Crippen LogP contribution is 2.38. The highest BCUT2D eigenvalue weighted by Gasteiger charge is 2.30. The molecule has 2 nitrogen and oxygen atoms in total. The summed E-state index contributed by atoms with van der Waals surface area (Å²) >= 11 is 0. The molecule has 1 aliphatic carbocycles. The second-order valence-electron chi connectivity index (χ2n) is 6.58. The molecule has 0 amide bonds. The van der Waals surface area contributed by atoms with Gasteiger partial charge in [0.2, 0.25) is 0 Å². The lowest BCUT2D eigenvalue weighted by Crippen LogP contribution is -2.43. The van der Waals surface area contributed by atoms with Crippen molar-refractivity contribution >= 4 is 0 Å². The first-order chi connectivity index (χ1) is 8.48. The molecule has 1 saturated carbocycles. The number of nitrogens with one attached hydrogen (secondary N) is 1. The Hall–Kier alpha value is -1.02. The van der Waals surface area contributed by atoms with Crippen LogP contribution in [-0.4, -0.2) is 19.7 Å². The number of benzene rings is 1. The van der Waals surface area contributed by atoms with E-state index in [9.17, 15) is 0 Å². The van der Waals surface area contributed by atoms with Crippen LogP contribution in [0.2, 0.25) is 0 Å². The van der Waals surface area contributed by atoms with Gasteiger partial charge >= 0.3 is 0 Å². The first kappa shape index (κ1) is 13.4. The zero-order valence-electron chi connectivity index (χ0n) is 12.0. The molecule has 0 aromatic heterocycles. The molecule has 0 saturated heterocycles. The van der Waals surface area contributed by atoms with Gasteiger partial charge in [0.25, 0.3) is 0 Å². The third-order valence-electron chi connectivity index (χ3n) is 3.62. The summed E-state index contributed by atoms with van der Waals surface area (Å²) in [5.74, 6) is 1.68. The minimum absolute atomic E-state index is 0.376. The van der Waals surface area contributed by atoms with Crippen LogP contribution in [0, 0.1) is 5.41 Å². The van der Waals surface area contributed by atoms with Crippen molar-refractivity contribution in [2.75, 3.05) is 13.7 Å². The van der Waals surface area contributed by atoms with Crippen LogP contribution in [0.25, 0.3) is 0 Å². The van der Waals surface area contributed by atoms with Gasteiger partial charge in [-0.25, -0.2) is 0 Å². The Bertz CT molecular complexity index is 388. The first-order valence-corrected chi connectivity index (χ1v) is 6.85. The minimum Gasteiger partial charge on any atom is -0.497 e. The molecular formula is C16H25NO. The maximum Gasteiger partial charge on any atom is 0.119 e. The van der Waals surface area contributed by atoms with Crippen molar-refractivity contribution in [3.05, 3.63) is 29.8 Å². The molecule has 0 heterocycles. The number of ether oxygens (including phenoxy) is 1. The Labute approximate surface area is 111 Å². The molecule has 0 unspecified atom stereocenters. The average molecular weight is 247 g/mol. The molecule has 1 aromatic rings. The molecule has 0 aliphatic heterocycles. The third kappa shape index (κ3) is 3.49. The highest BCUT2D eigenvalue weighted by molar-refractivity contribution is 5.32. The molecule has 0 radical (unpaired) electrons. The Kier molecular flexibility index (Phi) is 3.96. The molecule has 1 aliphatic rings. The van der Waals surface area contributed by atoms with Gasteiger partial charge in [-0.15, -0.1) is 0 Å². The predicted octanol–water partition coefficient (Wildman–Crippen LogP) is 3.58. The lowest BCUT2D eigenvalue weighted by atomic mass is 9.75. The van der Waals surface area contributed by atoms with Crippen LogP contribution in [0.4, 0.5) is 0 Å². The van der Waals surface area contributed by atoms with E-state index < -0.39 is 0 Å². The van der Waals surface area contributed by atoms with Gasteiger partial charge in [0.1, 0.15) is 5.75 Å². The monoisotopic (exact) mass is 247 g/mol. The Morgan fingerprint density at radius 2 is 2.00 bits per heavy atom. The molecule has 1 N–H and O–H groups in total. The highest BCUT2D eigenvalue weighted by atomic mass is 16.5. The van der Waals surface area contributed by atoms with E-state index in [0.29, 0.717) is 17.4 Å². The van der Waals surface area contributed by atoms with Crippen molar-refractivity contribution in [2.24, 2.45) is 5.41 Å². The topological polar surface area (TPSA) is 21.3 Å². The van der Waals surface area contributed by atoms with Crippen LogP contribution in [-0.2, 0) is 0 Å². The standard InChI is InChI=1S/C16H25NO/c1-16(2,3)11-17-14-8-13(9-14)12-6-5-7-15(10-12)18-4/h5-7,10,13-14,17H,8-9,11H2,1-4H3. The van der Waals surface area contributed by atoms with E-state index in [1.54, 1.807) is 7.11 Å². The van der Waals surface area contributed by atoms with Gasteiger partial charge < -0.3 is 10.1 Å². The zero-order valence-corrected chi connectivity index (χ0v) is 12.0. The van der Waals surface area contributed by atoms with Crippen molar-refractivity contribution < 1.29 is 4.74 Å². The zero-order chi connectivity index (χ0) is 13.2. The lowest BCUT2D eigenvalue weighted by molar-refractivity contribution is 0.253. The second kappa shape index (κ2) is 5.31. The largest absolute Gasteiger partial charge is 0.497 e. The first-order valence-electron chi connectivity index (χ1n) is 6.85. The van der Waals surface area contributed by atoms with Gasteiger partial charge in [0.15, 0.2) is 0 Å². The second-order valence-corrected chi connectivity index (χ2v) is 6.58. The Balaban J connectivity index is 1.81. The van der Waals surface area contributed by atoms with Crippen LogP contribution in [0.1, 0.15) is 45.1 Å².